The van der Waals surface area contributed by atoms with Crippen molar-refractivity contribution in [1.29, 1.82) is 0 Å². The first-order chi connectivity index (χ1) is 6.29. The third-order valence-corrected chi connectivity index (χ3v) is 2.42. The van der Waals surface area contributed by atoms with Gasteiger partial charge < -0.3 is 0 Å². The highest BCUT2D eigenvalue weighted by molar-refractivity contribution is 6.44. The second-order valence-electron chi connectivity index (χ2n) is 2.74. The third-order valence-electron chi connectivity index (χ3n) is 1.95. The number of rotatable bonds is 1. The van der Waals surface area contributed by atoms with E-state index in [0.717, 1.165) is 16.3 Å². The van der Waals surface area contributed by atoms with Crippen LogP contribution in [0.5, 0.6) is 0 Å². The highest BCUT2D eigenvalue weighted by Gasteiger charge is 2.06. The molecule has 1 aromatic heterocycles. The van der Waals surface area contributed by atoms with Crippen LogP contribution < -0.4 is 0 Å². The number of halogens is 2. The lowest BCUT2D eigenvalue weighted by Gasteiger charge is -2.05. The van der Waals surface area contributed by atoms with E-state index in [1.165, 1.54) is 0 Å². The lowest BCUT2D eigenvalue weighted by molar-refractivity contribution is 1.33. The molecule has 0 radical (unpaired) electrons. The fraction of sp³-hybridized carbons (Fsp3) is 0.100. The van der Waals surface area contributed by atoms with Crippen LogP contribution in [0.4, 0.5) is 0 Å². The molecule has 0 spiro atoms. The fourth-order valence-electron chi connectivity index (χ4n) is 1.34. The molecular weight excluding hydrogens is 205 g/mol. The number of benzene rings is 1. The minimum absolute atomic E-state index is 0.480. The number of hydrogen-bond donors (Lipinski definition) is 0. The zero-order valence-corrected chi connectivity index (χ0v) is 8.26. The minimum atomic E-state index is -0.480. The number of pyridine rings is 1. The summed E-state index contributed by atoms with van der Waals surface area (Å²) in [6, 6.07) is 7.76. The maximum Gasteiger partial charge on any atom is 0.133 e. The Hall–Kier alpha value is -0.790. The van der Waals surface area contributed by atoms with E-state index < -0.39 is 4.84 Å². The Morgan fingerprint density at radius 1 is 1.15 bits per heavy atom. The van der Waals surface area contributed by atoms with Gasteiger partial charge in [0.1, 0.15) is 4.84 Å². The SMILES string of the molecule is ClC(Cl)c1cccc2cnccc12. The van der Waals surface area contributed by atoms with Crippen LogP contribution in [0.15, 0.2) is 36.7 Å². The molecule has 0 amide bonds. The zero-order chi connectivity index (χ0) is 9.26. The standard InChI is InChI=1S/C10H7Cl2N/c11-10(12)9-3-1-2-7-6-13-5-4-8(7)9/h1-6,10H. The quantitative estimate of drug-likeness (QED) is 0.656. The molecule has 0 unspecified atom stereocenters. The predicted molar refractivity (Wildman–Crippen MR) is 56.2 cm³/mol. The molecule has 0 aliphatic rings. The Morgan fingerprint density at radius 3 is 2.77 bits per heavy atom. The second-order valence-corrected chi connectivity index (χ2v) is 3.84. The summed E-state index contributed by atoms with van der Waals surface area (Å²) in [4.78, 5) is 3.55. The lowest BCUT2D eigenvalue weighted by atomic mass is 10.1. The van der Waals surface area contributed by atoms with Crippen molar-refractivity contribution < 1.29 is 0 Å². The molecule has 0 aliphatic heterocycles. The molecule has 0 aliphatic carbocycles. The Bertz CT molecular complexity index is 421. The van der Waals surface area contributed by atoms with Crippen molar-refractivity contribution in [2.24, 2.45) is 0 Å². The van der Waals surface area contributed by atoms with Gasteiger partial charge in [0.25, 0.3) is 0 Å². The predicted octanol–water partition coefficient (Wildman–Crippen LogP) is 3.71. The normalized spacial score (nSPS) is 11.0. The summed E-state index contributed by atoms with van der Waals surface area (Å²) in [5, 5.41) is 2.12. The molecular formula is C10H7Cl2N. The molecule has 0 N–H and O–H groups in total. The lowest BCUT2D eigenvalue weighted by Crippen LogP contribution is -1.84. The highest BCUT2D eigenvalue weighted by atomic mass is 35.5. The van der Waals surface area contributed by atoms with Gasteiger partial charge in [-0.1, -0.05) is 18.2 Å². The van der Waals surface area contributed by atoms with Crippen molar-refractivity contribution in [3.05, 3.63) is 42.2 Å². The molecule has 1 nitrogen and oxygen atoms in total. The van der Waals surface area contributed by atoms with Crippen molar-refractivity contribution >= 4 is 34.0 Å². The highest BCUT2D eigenvalue weighted by Crippen LogP contribution is 2.30. The van der Waals surface area contributed by atoms with E-state index in [2.05, 4.69) is 4.98 Å². The minimum Gasteiger partial charge on any atom is -0.264 e. The molecule has 1 heterocycles. The summed E-state index contributed by atoms with van der Waals surface area (Å²) in [6.45, 7) is 0. The molecule has 2 aromatic rings. The molecule has 1 aromatic carbocycles. The maximum absolute atomic E-state index is 5.83. The monoisotopic (exact) mass is 211 g/mol. The third kappa shape index (κ3) is 1.62. The van der Waals surface area contributed by atoms with E-state index >= 15 is 0 Å². The van der Waals surface area contributed by atoms with E-state index in [4.69, 9.17) is 23.2 Å². The van der Waals surface area contributed by atoms with Crippen LogP contribution in [-0.4, -0.2) is 4.98 Å². The van der Waals surface area contributed by atoms with Crippen LogP contribution in [0.1, 0.15) is 10.4 Å². The van der Waals surface area contributed by atoms with Gasteiger partial charge >= 0.3 is 0 Å². The summed E-state index contributed by atoms with van der Waals surface area (Å²) in [5.74, 6) is 0. The smallest absolute Gasteiger partial charge is 0.133 e. The summed E-state index contributed by atoms with van der Waals surface area (Å²) >= 11 is 11.7. The molecule has 0 saturated carbocycles. The van der Waals surface area contributed by atoms with Gasteiger partial charge in [0.2, 0.25) is 0 Å². The Balaban J connectivity index is 2.76. The van der Waals surface area contributed by atoms with Gasteiger partial charge in [0, 0.05) is 17.8 Å². The van der Waals surface area contributed by atoms with Crippen molar-refractivity contribution in [3.8, 4) is 0 Å². The summed E-state index contributed by atoms with van der Waals surface area (Å²) in [5.41, 5.74) is 0.934. The number of hydrogen-bond acceptors (Lipinski definition) is 1. The van der Waals surface area contributed by atoms with E-state index in [0.29, 0.717) is 0 Å². The topological polar surface area (TPSA) is 12.9 Å². The van der Waals surface area contributed by atoms with Crippen LogP contribution in [0.2, 0.25) is 0 Å². The average molecular weight is 212 g/mol. The number of nitrogens with zero attached hydrogens (tertiary/aromatic N) is 1. The molecule has 0 fully saturated rings. The van der Waals surface area contributed by atoms with Crippen LogP contribution in [0.25, 0.3) is 10.8 Å². The second kappa shape index (κ2) is 3.52. The van der Waals surface area contributed by atoms with Crippen molar-refractivity contribution in [3.63, 3.8) is 0 Å². The molecule has 2 rings (SSSR count). The molecule has 3 heteroatoms. The van der Waals surface area contributed by atoms with Crippen molar-refractivity contribution in [2.45, 2.75) is 4.84 Å². The van der Waals surface area contributed by atoms with Crippen LogP contribution in [0.3, 0.4) is 0 Å². The van der Waals surface area contributed by atoms with Crippen LogP contribution in [-0.2, 0) is 0 Å². The van der Waals surface area contributed by atoms with E-state index in [9.17, 15) is 0 Å². The number of aromatic nitrogens is 1. The molecule has 13 heavy (non-hydrogen) atoms. The van der Waals surface area contributed by atoms with Gasteiger partial charge in [-0.2, -0.15) is 0 Å². The largest absolute Gasteiger partial charge is 0.264 e. The van der Waals surface area contributed by atoms with E-state index in [-0.39, 0.29) is 0 Å². The average Bonchev–Trinajstić information content (AvgIpc) is 2.17. The molecule has 0 bridgehead atoms. The first-order valence-electron chi connectivity index (χ1n) is 3.90. The van der Waals surface area contributed by atoms with E-state index in [1.807, 2.05) is 24.3 Å². The Kier molecular flexibility index (Phi) is 2.38. The number of fused-ring (bicyclic) bond motifs is 1. The van der Waals surface area contributed by atoms with Gasteiger partial charge in [-0.3, -0.25) is 4.98 Å². The summed E-state index contributed by atoms with van der Waals surface area (Å²) < 4.78 is 0. The molecule has 66 valence electrons. The first kappa shape index (κ1) is 8.79. The van der Waals surface area contributed by atoms with Gasteiger partial charge in [-0.15, -0.1) is 23.2 Å². The molecule has 0 atom stereocenters. The van der Waals surface area contributed by atoms with Gasteiger partial charge in [-0.25, -0.2) is 0 Å². The maximum atomic E-state index is 5.83. The van der Waals surface area contributed by atoms with Crippen molar-refractivity contribution in [1.82, 2.24) is 4.98 Å². The van der Waals surface area contributed by atoms with Crippen LogP contribution in [0, 0.1) is 0 Å². The Morgan fingerprint density at radius 2 is 2.00 bits per heavy atom. The van der Waals surface area contributed by atoms with Gasteiger partial charge in [0.15, 0.2) is 0 Å². The fourth-order valence-corrected chi connectivity index (χ4v) is 1.72. The van der Waals surface area contributed by atoms with Gasteiger partial charge in [0.05, 0.1) is 0 Å². The van der Waals surface area contributed by atoms with Crippen LogP contribution >= 0.6 is 23.2 Å². The zero-order valence-electron chi connectivity index (χ0n) is 6.74. The van der Waals surface area contributed by atoms with Crippen molar-refractivity contribution in [2.75, 3.05) is 0 Å². The summed E-state index contributed by atoms with van der Waals surface area (Å²) in [7, 11) is 0. The Labute approximate surface area is 86.3 Å². The summed E-state index contributed by atoms with van der Waals surface area (Å²) in [6.07, 6.45) is 3.54. The molecule has 0 saturated heterocycles. The number of alkyl halides is 2. The van der Waals surface area contributed by atoms with E-state index in [1.54, 1.807) is 12.4 Å². The van der Waals surface area contributed by atoms with Gasteiger partial charge in [-0.05, 0) is 17.0 Å². The first-order valence-corrected chi connectivity index (χ1v) is 4.77.